The van der Waals surface area contributed by atoms with E-state index in [4.69, 9.17) is 51.1 Å². The number of halogens is 4. The van der Waals surface area contributed by atoms with Gasteiger partial charge in [-0.05, 0) is 48.9 Å². The van der Waals surface area contributed by atoms with Crippen molar-refractivity contribution in [2.24, 2.45) is 0 Å². The zero-order valence-corrected chi connectivity index (χ0v) is 17.8. The maximum atomic E-state index is 12.6. The molecule has 0 atom stereocenters. The van der Waals surface area contributed by atoms with Crippen LogP contribution in [0.3, 0.4) is 0 Å². The summed E-state index contributed by atoms with van der Waals surface area (Å²) in [6.07, 6.45) is 0. The highest BCUT2D eigenvalue weighted by molar-refractivity contribution is 6.53. The molecule has 0 spiro atoms. The van der Waals surface area contributed by atoms with Gasteiger partial charge < -0.3 is 9.84 Å². The van der Waals surface area contributed by atoms with Crippen LogP contribution < -0.4 is 4.74 Å². The molecule has 8 heteroatoms. The number of aromatic hydroxyl groups is 1. The van der Waals surface area contributed by atoms with Gasteiger partial charge in [0.2, 0.25) is 0 Å². The second kappa shape index (κ2) is 8.64. The minimum Gasteiger partial charge on any atom is -0.507 e. The molecule has 0 fully saturated rings. The fraction of sp³-hybridized carbons (Fsp3) is 0.0476. The summed E-state index contributed by atoms with van der Waals surface area (Å²) in [5.41, 5.74) is 0.825. The first-order chi connectivity index (χ1) is 13.7. The Morgan fingerprint density at radius 2 is 1.41 bits per heavy atom. The van der Waals surface area contributed by atoms with E-state index in [-0.39, 0.29) is 48.5 Å². The number of para-hydroxylation sites is 1. The molecule has 148 valence electrons. The zero-order valence-electron chi connectivity index (χ0n) is 14.8. The van der Waals surface area contributed by atoms with Crippen molar-refractivity contribution in [1.82, 2.24) is 0 Å². The Morgan fingerprint density at radius 1 is 0.828 bits per heavy atom. The molecule has 3 rings (SSSR count). The molecule has 0 unspecified atom stereocenters. The molecule has 0 aromatic heterocycles. The SMILES string of the molecule is Cc1c(Cl)c(Cl)c(Cl)c(Cl)c1C(=O)Oc1ccc(C(=O)c2ccccc2O)cc1. The number of hydrogen-bond donors (Lipinski definition) is 1. The first kappa shape index (κ1) is 21.5. The molecule has 1 N–H and O–H groups in total. The quantitative estimate of drug-likeness (QED) is 0.150. The average Bonchev–Trinajstić information content (AvgIpc) is 2.71. The fourth-order valence-corrected chi connectivity index (χ4v) is 3.66. The third-order valence-electron chi connectivity index (χ3n) is 4.18. The van der Waals surface area contributed by atoms with Gasteiger partial charge >= 0.3 is 5.97 Å². The van der Waals surface area contributed by atoms with E-state index in [1.54, 1.807) is 19.1 Å². The predicted octanol–water partition coefficient (Wildman–Crippen LogP) is 6.76. The first-order valence-corrected chi connectivity index (χ1v) is 9.71. The van der Waals surface area contributed by atoms with E-state index in [0.29, 0.717) is 11.1 Å². The van der Waals surface area contributed by atoms with Crippen molar-refractivity contribution >= 4 is 58.2 Å². The minimum absolute atomic E-state index is 0.000396. The summed E-state index contributed by atoms with van der Waals surface area (Å²) in [6, 6.07) is 12.1. The van der Waals surface area contributed by atoms with E-state index in [1.165, 1.54) is 36.4 Å². The summed E-state index contributed by atoms with van der Waals surface area (Å²) < 4.78 is 5.33. The van der Waals surface area contributed by atoms with Gasteiger partial charge in [-0.25, -0.2) is 4.79 Å². The largest absolute Gasteiger partial charge is 0.507 e. The minimum atomic E-state index is -0.771. The first-order valence-electron chi connectivity index (χ1n) is 8.19. The fourth-order valence-electron chi connectivity index (χ4n) is 2.64. The molecule has 0 amide bonds. The van der Waals surface area contributed by atoms with Crippen LogP contribution in [0.15, 0.2) is 48.5 Å². The summed E-state index contributed by atoms with van der Waals surface area (Å²) in [5.74, 6) is -1.07. The number of rotatable bonds is 4. The molecule has 3 aromatic carbocycles. The summed E-state index contributed by atoms with van der Waals surface area (Å²) in [4.78, 5) is 25.1. The van der Waals surface area contributed by atoms with E-state index in [1.807, 2.05) is 0 Å². The highest BCUT2D eigenvalue weighted by atomic mass is 35.5. The lowest BCUT2D eigenvalue weighted by Gasteiger charge is -2.13. The Morgan fingerprint density at radius 3 is 2.03 bits per heavy atom. The number of esters is 1. The Kier molecular flexibility index (Phi) is 6.39. The number of phenols is 1. The van der Waals surface area contributed by atoms with Crippen molar-refractivity contribution in [2.45, 2.75) is 6.92 Å². The lowest BCUT2D eigenvalue weighted by atomic mass is 10.0. The summed E-state index contributed by atoms with van der Waals surface area (Å²) >= 11 is 24.2. The number of benzene rings is 3. The molecular weight excluding hydrogens is 458 g/mol. The van der Waals surface area contributed by atoms with Gasteiger partial charge in [-0.1, -0.05) is 58.5 Å². The van der Waals surface area contributed by atoms with Gasteiger partial charge in [-0.15, -0.1) is 0 Å². The number of hydrogen-bond acceptors (Lipinski definition) is 4. The van der Waals surface area contributed by atoms with Crippen LogP contribution in [-0.2, 0) is 0 Å². The van der Waals surface area contributed by atoms with Crippen LogP contribution in [0.2, 0.25) is 20.1 Å². The van der Waals surface area contributed by atoms with Gasteiger partial charge in [-0.2, -0.15) is 0 Å². The van der Waals surface area contributed by atoms with Crippen LogP contribution in [0.4, 0.5) is 0 Å². The van der Waals surface area contributed by atoms with Crippen LogP contribution in [0.25, 0.3) is 0 Å². The highest BCUT2D eigenvalue weighted by Gasteiger charge is 2.24. The summed E-state index contributed by atoms with van der Waals surface area (Å²) in [5, 5.41) is 9.89. The van der Waals surface area contributed by atoms with Crippen LogP contribution in [0.5, 0.6) is 11.5 Å². The van der Waals surface area contributed by atoms with Crippen molar-refractivity contribution < 1.29 is 19.4 Å². The van der Waals surface area contributed by atoms with Gasteiger partial charge in [0.25, 0.3) is 0 Å². The average molecular weight is 470 g/mol. The van der Waals surface area contributed by atoms with E-state index < -0.39 is 5.97 Å². The Bertz CT molecular complexity index is 1100. The van der Waals surface area contributed by atoms with Gasteiger partial charge in [0.15, 0.2) is 5.78 Å². The van der Waals surface area contributed by atoms with Crippen molar-refractivity contribution in [3.05, 3.63) is 90.9 Å². The smallest absolute Gasteiger partial charge is 0.345 e. The Balaban J connectivity index is 1.85. The van der Waals surface area contributed by atoms with Crippen molar-refractivity contribution in [3.8, 4) is 11.5 Å². The van der Waals surface area contributed by atoms with E-state index in [2.05, 4.69) is 0 Å². The van der Waals surface area contributed by atoms with Crippen LogP contribution in [0, 0.1) is 6.92 Å². The van der Waals surface area contributed by atoms with Gasteiger partial charge in [0.1, 0.15) is 11.5 Å². The van der Waals surface area contributed by atoms with E-state index in [0.717, 1.165) is 0 Å². The van der Waals surface area contributed by atoms with Crippen molar-refractivity contribution in [2.75, 3.05) is 0 Å². The number of phenolic OH excluding ortho intramolecular Hbond substituents is 1. The van der Waals surface area contributed by atoms with Crippen LogP contribution in [0.1, 0.15) is 31.8 Å². The summed E-state index contributed by atoms with van der Waals surface area (Å²) in [7, 11) is 0. The standard InChI is InChI=1S/C21H12Cl4O4/c1-10-15(17(23)19(25)18(24)16(10)22)21(28)29-12-8-6-11(7-9-12)20(27)13-4-2-3-5-14(13)26/h2-9,26H,1H3. The predicted molar refractivity (Wildman–Crippen MR) is 114 cm³/mol. The number of ether oxygens (including phenoxy) is 1. The van der Waals surface area contributed by atoms with E-state index in [9.17, 15) is 14.7 Å². The Labute approximate surface area is 186 Å². The zero-order chi connectivity index (χ0) is 21.3. The molecule has 0 aliphatic carbocycles. The number of carbonyl (C=O) groups excluding carboxylic acids is 2. The molecule has 0 heterocycles. The molecule has 0 aliphatic rings. The molecule has 3 aromatic rings. The van der Waals surface area contributed by atoms with Crippen LogP contribution >= 0.6 is 46.4 Å². The summed E-state index contributed by atoms with van der Waals surface area (Å²) in [6.45, 7) is 1.57. The number of carbonyl (C=O) groups is 2. The molecule has 0 radical (unpaired) electrons. The lowest BCUT2D eigenvalue weighted by molar-refractivity contribution is 0.0734. The molecule has 0 bridgehead atoms. The lowest BCUT2D eigenvalue weighted by Crippen LogP contribution is -2.12. The molecular formula is C21H12Cl4O4. The molecule has 29 heavy (non-hydrogen) atoms. The molecule has 0 aliphatic heterocycles. The number of ketones is 1. The van der Waals surface area contributed by atoms with Crippen molar-refractivity contribution in [1.29, 1.82) is 0 Å². The normalized spacial score (nSPS) is 10.7. The second-order valence-electron chi connectivity index (χ2n) is 6.02. The Hall–Kier alpha value is -2.24. The maximum Gasteiger partial charge on any atom is 0.345 e. The maximum absolute atomic E-state index is 12.6. The topological polar surface area (TPSA) is 63.6 Å². The molecule has 0 saturated heterocycles. The van der Waals surface area contributed by atoms with E-state index >= 15 is 0 Å². The van der Waals surface area contributed by atoms with Gasteiger partial charge in [0.05, 0.1) is 31.2 Å². The van der Waals surface area contributed by atoms with Gasteiger partial charge in [-0.3, -0.25) is 4.79 Å². The third kappa shape index (κ3) is 4.21. The molecule has 0 saturated carbocycles. The van der Waals surface area contributed by atoms with Crippen molar-refractivity contribution in [3.63, 3.8) is 0 Å². The van der Waals surface area contributed by atoms with Gasteiger partial charge in [0, 0.05) is 5.56 Å². The highest BCUT2D eigenvalue weighted by Crippen LogP contribution is 2.41. The second-order valence-corrected chi connectivity index (χ2v) is 7.53. The monoisotopic (exact) mass is 468 g/mol. The molecule has 4 nitrogen and oxygen atoms in total. The van der Waals surface area contributed by atoms with Crippen LogP contribution in [-0.4, -0.2) is 16.9 Å². The third-order valence-corrected chi connectivity index (χ3v) is 6.08.